The Morgan fingerprint density at radius 1 is 1.06 bits per heavy atom. The molecule has 4 rings (SSSR count). The van der Waals surface area contributed by atoms with E-state index in [2.05, 4.69) is 15.4 Å². The number of carbonyl (C=O) groups is 1. The maximum atomic E-state index is 12.8. The maximum Gasteiger partial charge on any atom is 0.269 e. The van der Waals surface area contributed by atoms with E-state index in [1.54, 1.807) is 16.8 Å². The number of aromatic nitrogens is 4. The van der Waals surface area contributed by atoms with Gasteiger partial charge in [0.15, 0.2) is 5.65 Å². The smallest absolute Gasteiger partial charge is 0.269 e. The molecule has 2 aromatic carbocycles. The van der Waals surface area contributed by atoms with Crippen LogP contribution < -0.4 is 10.9 Å². The third-order valence-corrected chi connectivity index (χ3v) is 5.48. The molecule has 0 saturated heterocycles. The summed E-state index contributed by atoms with van der Waals surface area (Å²) in [6.45, 7) is 1.02. The van der Waals surface area contributed by atoms with Gasteiger partial charge >= 0.3 is 0 Å². The highest BCUT2D eigenvalue weighted by Crippen LogP contribution is 2.13. The lowest BCUT2D eigenvalue weighted by Gasteiger charge is -2.08. The zero-order valence-electron chi connectivity index (χ0n) is 18.5. The van der Waals surface area contributed by atoms with Gasteiger partial charge in [-0.25, -0.2) is 9.67 Å². The van der Waals surface area contributed by atoms with Gasteiger partial charge < -0.3 is 5.32 Å². The average molecular weight is 460 g/mol. The van der Waals surface area contributed by atoms with Crippen molar-refractivity contribution in [2.45, 2.75) is 32.4 Å². The minimum absolute atomic E-state index is 0.00534. The maximum absolute atomic E-state index is 12.8. The quantitative estimate of drug-likeness (QED) is 0.287. The van der Waals surface area contributed by atoms with Crippen molar-refractivity contribution in [1.29, 1.82) is 0 Å². The molecular weight excluding hydrogens is 436 g/mol. The van der Waals surface area contributed by atoms with E-state index in [1.165, 1.54) is 34.8 Å². The van der Waals surface area contributed by atoms with E-state index in [1.807, 2.05) is 30.3 Å². The van der Waals surface area contributed by atoms with Crippen LogP contribution in [0.4, 0.5) is 5.69 Å². The molecule has 0 aliphatic carbocycles. The second kappa shape index (κ2) is 10.5. The number of hydrogen-bond donors (Lipinski definition) is 1. The molecule has 0 radical (unpaired) electrons. The van der Waals surface area contributed by atoms with E-state index in [-0.39, 0.29) is 23.7 Å². The predicted molar refractivity (Wildman–Crippen MR) is 126 cm³/mol. The van der Waals surface area contributed by atoms with Crippen molar-refractivity contribution in [1.82, 2.24) is 24.6 Å². The van der Waals surface area contributed by atoms with Crippen LogP contribution in [0.3, 0.4) is 0 Å². The molecule has 0 spiro atoms. The fourth-order valence-corrected chi connectivity index (χ4v) is 3.68. The van der Waals surface area contributed by atoms with Gasteiger partial charge in [0.2, 0.25) is 5.91 Å². The zero-order valence-corrected chi connectivity index (χ0v) is 18.5. The number of nitrogens with one attached hydrogen (secondary N) is 1. The minimum atomic E-state index is -0.467. The van der Waals surface area contributed by atoms with E-state index in [9.17, 15) is 19.7 Å². The molecule has 0 fully saturated rings. The van der Waals surface area contributed by atoms with E-state index in [0.29, 0.717) is 30.5 Å². The average Bonchev–Trinajstić information content (AvgIpc) is 3.25. The Bertz CT molecular complexity index is 1350. The normalized spacial score (nSPS) is 10.9. The summed E-state index contributed by atoms with van der Waals surface area (Å²) < 4.78 is 3.03. The van der Waals surface area contributed by atoms with Crippen LogP contribution in [-0.4, -0.2) is 36.7 Å². The van der Waals surface area contributed by atoms with Gasteiger partial charge in [-0.05, 0) is 24.0 Å². The number of nitro benzene ring substituents is 1. The van der Waals surface area contributed by atoms with Crippen LogP contribution in [0.2, 0.25) is 0 Å². The van der Waals surface area contributed by atoms with Crippen molar-refractivity contribution in [3.63, 3.8) is 0 Å². The predicted octanol–water partition coefficient (Wildman–Crippen LogP) is 2.69. The first-order valence-electron chi connectivity index (χ1n) is 11.0. The summed E-state index contributed by atoms with van der Waals surface area (Å²) in [7, 11) is 0. The Balaban J connectivity index is 1.31. The summed E-state index contributed by atoms with van der Waals surface area (Å²) >= 11 is 0. The molecular formula is C24H24N6O4. The van der Waals surface area contributed by atoms with Crippen molar-refractivity contribution in [2.75, 3.05) is 6.54 Å². The molecule has 34 heavy (non-hydrogen) atoms. The second-order valence-electron chi connectivity index (χ2n) is 7.90. The van der Waals surface area contributed by atoms with Gasteiger partial charge in [-0.15, -0.1) is 0 Å². The molecule has 0 aliphatic heterocycles. The van der Waals surface area contributed by atoms with Crippen LogP contribution >= 0.6 is 0 Å². The number of amides is 1. The lowest BCUT2D eigenvalue weighted by atomic mass is 10.1. The molecule has 0 saturated carbocycles. The van der Waals surface area contributed by atoms with Crippen LogP contribution in [0.1, 0.15) is 24.0 Å². The van der Waals surface area contributed by atoms with Gasteiger partial charge in [0.1, 0.15) is 11.7 Å². The van der Waals surface area contributed by atoms with Crippen LogP contribution in [0, 0.1) is 10.1 Å². The number of benzene rings is 2. The highest BCUT2D eigenvalue weighted by Gasteiger charge is 2.12. The number of non-ortho nitro benzene ring substituents is 1. The summed E-state index contributed by atoms with van der Waals surface area (Å²) in [5.74, 6) is -0.0224. The second-order valence-corrected chi connectivity index (χ2v) is 7.90. The van der Waals surface area contributed by atoms with Crippen molar-refractivity contribution in [3.8, 4) is 0 Å². The van der Waals surface area contributed by atoms with Gasteiger partial charge in [-0.3, -0.25) is 24.3 Å². The van der Waals surface area contributed by atoms with Gasteiger partial charge in [0, 0.05) is 25.1 Å². The third kappa shape index (κ3) is 5.52. The molecule has 4 aromatic rings. The molecule has 0 aliphatic rings. The number of nitro groups is 1. The third-order valence-electron chi connectivity index (χ3n) is 5.48. The van der Waals surface area contributed by atoms with Crippen LogP contribution in [0.15, 0.2) is 71.9 Å². The van der Waals surface area contributed by atoms with E-state index in [0.717, 1.165) is 18.4 Å². The van der Waals surface area contributed by atoms with Crippen LogP contribution in [0.25, 0.3) is 11.0 Å². The van der Waals surface area contributed by atoms with Crippen molar-refractivity contribution in [2.24, 2.45) is 0 Å². The minimum Gasteiger partial charge on any atom is -0.354 e. The lowest BCUT2D eigenvalue weighted by molar-refractivity contribution is -0.384. The van der Waals surface area contributed by atoms with Gasteiger partial charge in [0.05, 0.1) is 24.2 Å². The molecule has 2 heterocycles. The number of aryl methyl sites for hydroxylation is 1. The van der Waals surface area contributed by atoms with E-state index in [4.69, 9.17) is 0 Å². The summed E-state index contributed by atoms with van der Waals surface area (Å²) in [5, 5.41) is 18.3. The van der Waals surface area contributed by atoms with E-state index >= 15 is 0 Å². The largest absolute Gasteiger partial charge is 0.354 e. The number of fused-ring (bicyclic) bond motifs is 1. The number of rotatable bonds is 10. The molecule has 10 nitrogen and oxygen atoms in total. The van der Waals surface area contributed by atoms with Gasteiger partial charge in [-0.1, -0.05) is 42.5 Å². The molecule has 1 amide bonds. The fourth-order valence-electron chi connectivity index (χ4n) is 3.68. The highest BCUT2D eigenvalue weighted by molar-refractivity contribution is 5.76. The molecule has 174 valence electrons. The van der Waals surface area contributed by atoms with Crippen molar-refractivity contribution < 1.29 is 9.72 Å². The summed E-state index contributed by atoms with van der Waals surface area (Å²) in [6.07, 6.45) is 4.98. The summed E-state index contributed by atoms with van der Waals surface area (Å²) in [4.78, 5) is 39.6. The monoisotopic (exact) mass is 460 g/mol. The van der Waals surface area contributed by atoms with Gasteiger partial charge in [-0.2, -0.15) is 5.10 Å². The van der Waals surface area contributed by atoms with Crippen molar-refractivity contribution >= 4 is 22.6 Å². The highest BCUT2D eigenvalue weighted by atomic mass is 16.6. The SMILES string of the molecule is O=C(CCCc1ccccc1)NCCn1ncc2c(=O)n(Cc3ccc([N+](=O)[O-])cc3)cnc21. The summed E-state index contributed by atoms with van der Waals surface area (Å²) in [6, 6.07) is 16.1. The first-order valence-corrected chi connectivity index (χ1v) is 11.0. The number of hydrogen-bond acceptors (Lipinski definition) is 6. The topological polar surface area (TPSA) is 125 Å². The molecule has 1 N–H and O–H groups in total. The molecule has 0 atom stereocenters. The van der Waals surface area contributed by atoms with Gasteiger partial charge in [0.25, 0.3) is 11.2 Å². The number of carbonyl (C=O) groups excluding carboxylic acids is 1. The first kappa shape index (κ1) is 22.8. The zero-order chi connectivity index (χ0) is 23.9. The molecule has 0 bridgehead atoms. The Morgan fingerprint density at radius 3 is 2.56 bits per heavy atom. The van der Waals surface area contributed by atoms with Crippen molar-refractivity contribution in [3.05, 3.63) is 98.7 Å². The standard InChI is InChI=1S/C24H24N6O4/c31-22(8-4-7-18-5-2-1-3-6-18)25-13-14-29-23-21(15-27-29)24(32)28(17-26-23)16-19-9-11-20(12-10-19)30(33)34/h1-3,5-6,9-12,15,17H,4,7-8,13-14,16H2,(H,25,31). The molecule has 2 aromatic heterocycles. The first-order chi connectivity index (χ1) is 16.5. The van der Waals surface area contributed by atoms with E-state index < -0.39 is 4.92 Å². The summed E-state index contributed by atoms with van der Waals surface area (Å²) in [5.41, 5.74) is 2.15. The van der Waals surface area contributed by atoms with Crippen LogP contribution in [0.5, 0.6) is 0 Å². The molecule has 0 unspecified atom stereocenters. The number of nitrogens with zero attached hydrogens (tertiary/aromatic N) is 5. The lowest BCUT2D eigenvalue weighted by Crippen LogP contribution is -2.27. The Hall–Kier alpha value is -4.34. The van der Waals surface area contributed by atoms with Crippen LogP contribution in [-0.2, 0) is 24.3 Å². The Kier molecular flexibility index (Phi) is 7.07. The Labute approximate surface area is 195 Å². The fraction of sp³-hybridized carbons (Fsp3) is 0.250. The Morgan fingerprint density at radius 2 is 1.82 bits per heavy atom. The molecule has 10 heteroatoms.